The number of aliphatic hydroxyl groups is 1. The van der Waals surface area contributed by atoms with Gasteiger partial charge in [0, 0.05) is 25.3 Å². The number of halogens is 1. The zero-order valence-electron chi connectivity index (χ0n) is 11.4. The molecule has 2 rings (SSSR count). The number of carbonyl (C=O) groups is 1. The standard InChI is InChI=1S/C14H20BrNO3/c1-3-14(9-17)4-6-16(7-5-14)13(18)12-10(2)8-11(15)19-12/h8,17H,3-7,9H2,1-2H3. The molecule has 1 amide bonds. The van der Waals surface area contributed by atoms with E-state index in [1.807, 2.05) is 11.8 Å². The van der Waals surface area contributed by atoms with E-state index in [9.17, 15) is 9.90 Å². The van der Waals surface area contributed by atoms with Crippen LogP contribution in [0.5, 0.6) is 0 Å². The number of aliphatic hydroxyl groups excluding tert-OH is 1. The molecular weight excluding hydrogens is 310 g/mol. The maximum atomic E-state index is 12.4. The van der Waals surface area contributed by atoms with Crippen LogP contribution in [0.3, 0.4) is 0 Å². The summed E-state index contributed by atoms with van der Waals surface area (Å²) in [6.45, 7) is 5.55. The van der Waals surface area contributed by atoms with Gasteiger partial charge in [0.25, 0.3) is 5.91 Å². The molecular formula is C14H20BrNO3. The van der Waals surface area contributed by atoms with Crippen LogP contribution < -0.4 is 0 Å². The van der Waals surface area contributed by atoms with Crippen molar-refractivity contribution < 1.29 is 14.3 Å². The average molecular weight is 330 g/mol. The Morgan fingerprint density at radius 3 is 2.58 bits per heavy atom. The van der Waals surface area contributed by atoms with Crippen molar-refractivity contribution in [3.8, 4) is 0 Å². The van der Waals surface area contributed by atoms with Crippen LogP contribution in [0.1, 0.15) is 42.3 Å². The van der Waals surface area contributed by atoms with E-state index in [1.54, 1.807) is 6.07 Å². The van der Waals surface area contributed by atoms with Gasteiger partial charge in [-0.25, -0.2) is 0 Å². The van der Waals surface area contributed by atoms with Gasteiger partial charge in [-0.15, -0.1) is 0 Å². The molecule has 0 aromatic carbocycles. The lowest BCUT2D eigenvalue weighted by molar-refractivity contribution is 0.0319. The molecule has 0 aliphatic carbocycles. The van der Waals surface area contributed by atoms with Crippen molar-refractivity contribution in [2.24, 2.45) is 5.41 Å². The Bertz CT molecular complexity index is 455. The number of furan rings is 1. The first-order chi connectivity index (χ1) is 9.01. The fraction of sp³-hybridized carbons (Fsp3) is 0.643. The summed E-state index contributed by atoms with van der Waals surface area (Å²) in [4.78, 5) is 14.2. The zero-order chi connectivity index (χ0) is 14.0. The maximum Gasteiger partial charge on any atom is 0.289 e. The molecule has 0 atom stereocenters. The number of amides is 1. The first-order valence-electron chi connectivity index (χ1n) is 6.67. The van der Waals surface area contributed by atoms with Crippen LogP contribution in [0, 0.1) is 12.3 Å². The molecule has 5 heteroatoms. The van der Waals surface area contributed by atoms with Crippen molar-refractivity contribution in [3.05, 3.63) is 22.1 Å². The lowest BCUT2D eigenvalue weighted by Gasteiger charge is -2.40. The van der Waals surface area contributed by atoms with Gasteiger partial charge in [0.15, 0.2) is 10.4 Å². The van der Waals surface area contributed by atoms with Crippen LogP contribution in [0.25, 0.3) is 0 Å². The molecule has 1 N–H and O–H groups in total. The topological polar surface area (TPSA) is 53.7 Å². The van der Waals surface area contributed by atoms with Crippen molar-refractivity contribution in [2.45, 2.75) is 33.1 Å². The molecule has 0 bridgehead atoms. The Labute approximate surface area is 121 Å². The Hall–Kier alpha value is -0.810. The van der Waals surface area contributed by atoms with Crippen LogP contribution in [0.15, 0.2) is 15.2 Å². The minimum Gasteiger partial charge on any atom is -0.444 e. The highest BCUT2D eigenvalue weighted by Crippen LogP contribution is 2.35. The minimum absolute atomic E-state index is 0.00439. The third kappa shape index (κ3) is 2.87. The number of likely N-dealkylation sites (tertiary alicyclic amines) is 1. The SMILES string of the molecule is CCC1(CO)CCN(C(=O)c2oc(Br)cc2C)CC1. The Kier molecular flexibility index (Phi) is 4.36. The second-order valence-electron chi connectivity index (χ2n) is 5.37. The quantitative estimate of drug-likeness (QED) is 0.927. The van der Waals surface area contributed by atoms with Crippen molar-refractivity contribution in [2.75, 3.05) is 19.7 Å². The van der Waals surface area contributed by atoms with Crippen LogP contribution in [0.2, 0.25) is 0 Å². The van der Waals surface area contributed by atoms with Crippen LogP contribution in [0.4, 0.5) is 0 Å². The number of hydrogen-bond donors (Lipinski definition) is 1. The number of hydrogen-bond acceptors (Lipinski definition) is 3. The van der Waals surface area contributed by atoms with Crippen molar-refractivity contribution in [3.63, 3.8) is 0 Å². The summed E-state index contributed by atoms with van der Waals surface area (Å²) in [5.74, 6) is 0.366. The predicted molar refractivity (Wildman–Crippen MR) is 76.1 cm³/mol. The second kappa shape index (κ2) is 5.67. The van der Waals surface area contributed by atoms with Gasteiger partial charge in [-0.05, 0) is 53.6 Å². The van der Waals surface area contributed by atoms with E-state index in [1.165, 1.54) is 0 Å². The van der Waals surface area contributed by atoms with E-state index in [0.29, 0.717) is 23.5 Å². The molecule has 0 spiro atoms. The van der Waals surface area contributed by atoms with E-state index in [4.69, 9.17) is 4.42 Å². The predicted octanol–water partition coefficient (Wildman–Crippen LogP) is 2.98. The van der Waals surface area contributed by atoms with E-state index >= 15 is 0 Å². The monoisotopic (exact) mass is 329 g/mol. The van der Waals surface area contributed by atoms with Gasteiger partial charge in [0.1, 0.15) is 0 Å². The molecule has 19 heavy (non-hydrogen) atoms. The van der Waals surface area contributed by atoms with E-state index < -0.39 is 0 Å². The number of aryl methyl sites for hydroxylation is 1. The van der Waals surface area contributed by atoms with Gasteiger partial charge in [0.05, 0.1) is 0 Å². The lowest BCUT2D eigenvalue weighted by Crippen LogP contribution is -2.44. The van der Waals surface area contributed by atoms with Gasteiger partial charge in [0.2, 0.25) is 0 Å². The summed E-state index contributed by atoms with van der Waals surface area (Å²) in [6.07, 6.45) is 2.66. The van der Waals surface area contributed by atoms with Gasteiger partial charge in [-0.1, -0.05) is 6.92 Å². The average Bonchev–Trinajstić information content (AvgIpc) is 2.77. The van der Waals surface area contributed by atoms with E-state index in [-0.39, 0.29) is 17.9 Å². The van der Waals surface area contributed by atoms with Gasteiger partial charge in [-0.2, -0.15) is 0 Å². The third-order valence-electron chi connectivity index (χ3n) is 4.28. The van der Waals surface area contributed by atoms with E-state index in [2.05, 4.69) is 22.9 Å². The Morgan fingerprint density at radius 1 is 1.53 bits per heavy atom. The Balaban J connectivity index is 2.06. The van der Waals surface area contributed by atoms with Crippen molar-refractivity contribution in [1.82, 2.24) is 4.90 Å². The normalized spacial score (nSPS) is 18.6. The highest BCUT2D eigenvalue weighted by Gasteiger charge is 2.35. The molecule has 1 aliphatic heterocycles. The molecule has 1 aromatic heterocycles. The molecule has 106 valence electrons. The number of nitrogens with zero attached hydrogens (tertiary/aromatic N) is 1. The second-order valence-corrected chi connectivity index (χ2v) is 6.15. The van der Waals surface area contributed by atoms with Crippen molar-refractivity contribution >= 4 is 21.8 Å². The maximum absolute atomic E-state index is 12.4. The zero-order valence-corrected chi connectivity index (χ0v) is 13.0. The number of rotatable bonds is 3. The third-order valence-corrected chi connectivity index (χ3v) is 4.67. The van der Waals surface area contributed by atoms with Gasteiger partial charge in [-0.3, -0.25) is 4.79 Å². The molecule has 2 heterocycles. The smallest absolute Gasteiger partial charge is 0.289 e. The first kappa shape index (κ1) is 14.6. The fourth-order valence-corrected chi connectivity index (χ4v) is 3.11. The summed E-state index contributed by atoms with van der Waals surface area (Å²) in [5.41, 5.74) is 0.849. The molecule has 0 radical (unpaired) electrons. The highest BCUT2D eigenvalue weighted by atomic mass is 79.9. The fourth-order valence-electron chi connectivity index (χ4n) is 2.61. The molecule has 0 saturated carbocycles. The largest absolute Gasteiger partial charge is 0.444 e. The van der Waals surface area contributed by atoms with Crippen LogP contribution >= 0.6 is 15.9 Å². The minimum atomic E-state index is -0.0501. The van der Waals surface area contributed by atoms with Crippen LogP contribution in [-0.4, -0.2) is 35.6 Å². The molecule has 1 fully saturated rings. The Morgan fingerprint density at radius 2 is 2.16 bits per heavy atom. The van der Waals surface area contributed by atoms with Gasteiger partial charge >= 0.3 is 0 Å². The summed E-state index contributed by atoms with van der Waals surface area (Å²) in [7, 11) is 0. The van der Waals surface area contributed by atoms with Crippen molar-refractivity contribution in [1.29, 1.82) is 0 Å². The molecule has 1 aromatic rings. The molecule has 1 aliphatic rings. The number of carbonyl (C=O) groups excluding carboxylic acids is 1. The van der Waals surface area contributed by atoms with E-state index in [0.717, 1.165) is 24.8 Å². The first-order valence-corrected chi connectivity index (χ1v) is 7.47. The molecule has 4 nitrogen and oxygen atoms in total. The summed E-state index contributed by atoms with van der Waals surface area (Å²) >= 11 is 3.25. The van der Waals surface area contributed by atoms with Gasteiger partial charge < -0.3 is 14.4 Å². The highest BCUT2D eigenvalue weighted by molar-refractivity contribution is 9.10. The molecule has 0 unspecified atom stereocenters. The van der Waals surface area contributed by atoms with Crippen LogP contribution in [-0.2, 0) is 0 Å². The lowest BCUT2D eigenvalue weighted by atomic mass is 9.77. The molecule has 1 saturated heterocycles. The summed E-state index contributed by atoms with van der Waals surface area (Å²) in [6, 6.07) is 1.81. The number of piperidine rings is 1. The summed E-state index contributed by atoms with van der Waals surface area (Å²) < 4.78 is 6.00. The summed E-state index contributed by atoms with van der Waals surface area (Å²) in [5, 5.41) is 9.50.